The molecular weight excluding hydrogens is 1040 g/mol. The average molecular weight is 1170 g/mol. The fraction of sp³-hybridized carbons (Fsp3) is 0.722. The lowest BCUT2D eigenvalue weighted by Gasteiger charge is -2.24. The molecule has 10 heteroatoms. The van der Waals surface area contributed by atoms with Crippen LogP contribution in [-0.4, -0.2) is 74.9 Å². The summed E-state index contributed by atoms with van der Waals surface area (Å²) in [6, 6.07) is 0. The summed E-state index contributed by atoms with van der Waals surface area (Å²) in [4.78, 5) is 35.8. The van der Waals surface area contributed by atoms with Crippen LogP contribution in [0.1, 0.15) is 284 Å². The Morgan fingerprint density at radius 3 is 1.04 bits per heavy atom. The van der Waals surface area contributed by atoms with Crippen molar-refractivity contribution in [2.45, 2.75) is 290 Å². The Balaban J connectivity index is 4.12. The lowest BCUT2D eigenvalue weighted by atomic mass is 10.0. The molecule has 0 aromatic heterocycles. The van der Waals surface area contributed by atoms with Crippen LogP contribution < -0.4 is 0 Å². The highest BCUT2D eigenvalue weighted by atomic mass is 31.2. The topological polar surface area (TPSA) is 108 Å². The van der Waals surface area contributed by atoms with Gasteiger partial charge in [-0.3, -0.25) is 18.6 Å². The van der Waals surface area contributed by atoms with Gasteiger partial charge in [-0.25, -0.2) is 4.57 Å². The number of esters is 2. The van der Waals surface area contributed by atoms with Gasteiger partial charge in [0, 0.05) is 12.8 Å². The van der Waals surface area contributed by atoms with E-state index < -0.39 is 26.5 Å². The van der Waals surface area contributed by atoms with Crippen LogP contribution in [0.15, 0.2) is 109 Å². The molecular formula is C72H127NO8P+. The zero-order valence-corrected chi connectivity index (χ0v) is 54.6. The van der Waals surface area contributed by atoms with E-state index in [4.69, 9.17) is 18.5 Å². The van der Waals surface area contributed by atoms with E-state index in [0.29, 0.717) is 17.4 Å². The molecule has 0 radical (unpaired) electrons. The monoisotopic (exact) mass is 1160 g/mol. The Morgan fingerprint density at radius 1 is 0.390 bits per heavy atom. The molecule has 0 aliphatic carbocycles. The van der Waals surface area contributed by atoms with Crippen molar-refractivity contribution in [3.8, 4) is 0 Å². The summed E-state index contributed by atoms with van der Waals surface area (Å²) in [5.74, 6) is -0.802. The number of phosphoric acid groups is 1. The quantitative estimate of drug-likeness (QED) is 0.0211. The number of hydrogen-bond donors (Lipinski definition) is 1. The van der Waals surface area contributed by atoms with Crippen molar-refractivity contribution in [3.63, 3.8) is 0 Å². The molecule has 0 bridgehead atoms. The average Bonchev–Trinajstić information content (AvgIpc) is 3.46. The molecule has 9 nitrogen and oxygen atoms in total. The third-order valence-corrected chi connectivity index (χ3v) is 15.3. The first-order chi connectivity index (χ1) is 40.0. The van der Waals surface area contributed by atoms with Gasteiger partial charge in [0.25, 0.3) is 0 Å². The molecule has 0 spiro atoms. The van der Waals surface area contributed by atoms with Gasteiger partial charge >= 0.3 is 19.8 Å². The summed E-state index contributed by atoms with van der Waals surface area (Å²) < 4.78 is 34.7. The van der Waals surface area contributed by atoms with E-state index in [2.05, 4.69) is 123 Å². The molecule has 0 fully saturated rings. The normalized spacial score (nSPS) is 13.9. The summed E-state index contributed by atoms with van der Waals surface area (Å²) >= 11 is 0. The van der Waals surface area contributed by atoms with Crippen LogP contribution >= 0.6 is 7.82 Å². The minimum Gasteiger partial charge on any atom is -0.462 e. The SMILES string of the molecule is CC/C=C\C/C=C\C/C=C\C/C=C\C/C=C\C/C=C\C/C=C\CCCCCCCCCCCC(=O)OC(COC(=O)CCCCCCCCCCCCCCCCC/C=C\C/C=C\CCCCCCC)COP(=O)(O)OCC[N+](C)(C)C. The largest absolute Gasteiger partial charge is 0.472 e. The zero-order chi connectivity index (χ0) is 59.8. The summed E-state index contributed by atoms with van der Waals surface area (Å²) in [6.07, 6.45) is 87.4. The molecule has 0 amide bonds. The summed E-state index contributed by atoms with van der Waals surface area (Å²) in [7, 11) is 1.47. The first-order valence-corrected chi connectivity index (χ1v) is 35.1. The molecule has 82 heavy (non-hydrogen) atoms. The Labute approximate surface area is 506 Å². The Kier molecular flexibility index (Phi) is 59.7. The lowest BCUT2D eigenvalue weighted by molar-refractivity contribution is -0.870. The molecule has 0 aliphatic rings. The van der Waals surface area contributed by atoms with Crippen molar-refractivity contribution in [1.82, 2.24) is 0 Å². The molecule has 0 aromatic carbocycles. The number of nitrogens with zero attached hydrogens (tertiary/aromatic N) is 1. The second-order valence-corrected chi connectivity index (χ2v) is 24.9. The molecule has 472 valence electrons. The van der Waals surface area contributed by atoms with Crippen molar-refractivity contribution in [1.29, 1.82) is 0 Å². The third-order valence-electron chi connectivity index (χ3n) is 14.3. The maximum Gasteiger partial charge on any atom is 0.472 e. The number of quaternary nitrogens is 1. The van der Waals surface area contributed by atoms with Crippen molar-refractivity contribution in [2.75, 3.05) is 47.5 Å². The van der Waals surface area contributed by atoms with E-state index in [1.165, 1.54) is 154 Å². The van der Waals surface area contributed by atoms with Crippen molar-refractivity contribution in [3.05, 3.63) is 109 Å². The lowest BCUT2D eigenvalue weighted by Crippen LogP contribution is -2.37. The molecule has 2 atom stereocenters. The number of rotatable bonds is 61. The molecule has 0 saturated carbocycles. The van der Waals surface area contributed by atoms with E-state index >= 15 is 0 Å². The Morgan fingerprint density at radius 2 is 0.695 bits per heavy atom. The highest BCUT2D eigenvalue weighted by molar-refractivity contribution is 7.47. The first kappa shape index (κ1) is 78.7. The predicted octanol–water partition coefficient (Wildman–Crippen LogP) is 21.7. The number of phosphoric ester groups is 1. The summed E-state index contributed by atoms with van der Waals surface area (Å²) in [5, 5.41) is 0. The molecule has 2 unspecified atom stereocenters. The van der Waals surface area contributed by atoms with Gasteiger partial charge in [0.2, 0.25) is 0 Å². The second kappa shape index (κ2) is 62.2. The van der Waals surface area contributed by atoms with Gasteiger partial charge in [-0.2, -0.15) is 0 Å². The number of likely N-dealkylation sites (N-methyl/N-ethyl adjacent to an activating group) is 1. The van der Waals surface area contributed by atoms with Crippen LogP contribution in [-0.2, 0) is 32.7 Å². The molecule has 0 aliphatic heterocycles. The Bertz CT molecular complexity index is 1750. The van der Waals surface area contributed by atoms with E-state index in [1.54, 1.807) is 0 Å². The first-order valence-electron chi connectivity index (χ1n) is 33.6. The second-order valence-electron chi connectivity index (χ2n) is 23.5. The van der Waals surface area contributed by atoms with Crippen molar-refractivity contribution < 1.29 is 42.1 Å². The highest BCUT2D eigenvalue weighted by Gasteiger charge is 2.27. The number of allylic oxidation sites excluding steroid dienone is 18. The van der Waals surface area contributed by atoms with Gasteiger partial charge in [0.1, 0.15) is 19.8 Å². The standard InChI is InChI=1S/C72H126NO8P/c1-6-8-10-12-14-16-18-20-22-24-26-28-30-32-34-35-36-37-39-41-43-45-47-49-51-53-55-57-59-61-63-65-72(75)81-70(69-80-82(76,77)79-67-66-73(3,4)5)68-78-71(74)64-62-60-58-56-54-52-50-48-46-44-42-40-38-33-31-29-27-25-23-21-19-17-15-13-11-9-7-2/h8,10,14,16,19-22,25-28,32,34,36-37,41,43,70H,6-7,9,11-13,15,17-18,23-24,29-31,33,35,38-40,42,44-69H2,1-5H3/p+1/b10-8-,16-14-,21-19-,22-20-,27-25-,28-26-,34-32-,37-36-,43-41-. The van der Waals surface area contributed by atoms with Crippen molar-refractivity contribution in [2.24, 2.45) is 0 Å². The summed E-state index contributed by atoms with van der Waals surface area (Å²) in [5.41, 5.74) is 0. The van der Waals surface area contributed by atoms with Crippen LogP contribution in [0.4, 0.5) is 0 Å². The maximum atomic E-state index is 12.9. The van der Waals surface area contributed by atoms with E-state index in [-0.39, 0.29) is 32.0 Å². The van der Waals surface area contributed by atoms with Crippen molar-refractivity contribution >= 4 is 19.8 Å². The Hall–Kier alpha value is -3.33. The molecule has 0 aromatic rings. The predicted molar refractivity (Wildman–Crippen MR) is 353 cm³/mol. The van der Waals surface area contributed by atoms with Gasteiger partial charge in [-0.05, 0) is 103 Å². The minimum atomic E-state index is -4.40. The van der Waals surface area contributed by atoms with Gasteiger partial charge in [-0.15, -0.1) is 0 Å². The number of carbonyl (C=O) groups is 2. The van der Waals surface area contributed by atoms with Gasteiger partial charge in [0.15, 0.2) is 6.10 Å². The maximum absolute atomic E-state index is 12.9. The third kappa shape index (κ3) is 65.8. The molecule has 0 rings (SSSR count). The zero-order valence-electron chi connectivity index (χ0n) is 53.7. The molecule has 1 N–H and O–H groups in total. The number of hydrogen-bond acceptors (Lipinski definition) is 7. The van der Waals surface area contributed by atoms with Gasteiger partial charge < -0.3 is 18.9 Å². The van der Waals surface area contributed by atoms with Gasteiger partial charge in [0.05, 0.1) is 27.7 Å². The highest BCUT2D eigenvalue weighted by Crippen LogP contribution is 2.43. The van der Waals surface area contributed by atoms with E-state index in [9.17, 15) is 19.0 Å². The van der Waals surface area contributed by atoms with Crippen LogP contribution in [0.25, 0.3) is 0 Å². The van der Waals surface area contributed by atoms with E-state index in [0.717, 1.165) is 96.3 Å². The minimum absolute atomic E-state index is 0.0262. The van der Waals surface area contributed by atoms with Crippen LogP contribution in [0.5, 0.6) is 0 Å². The van der Waals surface area contributed by atoms with Crippen LogP contribution in [0.2, 0.25) is 0 Å². The van der Waals surface area contributed by atoms with Gasteiger partial charge in [-0.1, -0.05) is 277 Å². The number of ether oxygens (including phenoxy) is 2. The smallest absolute Gasteiger partial charge is 0.462 e. The summed E-state index contributed by atoms with van der Waals surface area (Å²) in [6.45, 7) is 4.32. The fourth-order valence-corrected chi connectivity index (χ4v) is 9.89. The van der Waals surface area contributed by atoms with E-state index in [1.807, 2.05) is 21.1 Å². The fourth-order valence-electron chi connectivity index (χ4n) is 9.15. The molecule has 0 heterocycles. The van der Waals surface area contributed by atoms with Crippen LogP contribution in [0, 0.1) is 0 Å². The number of unbranched alkanes of at least 4 members (excludes halogenated alkanes) is 29. The molecule has 0 saturated heterocycles. The van der Waals surface area contributed by atoms with Crippen LogP contribution in [0.3, 0.4) is 0 Å². The number of carbonyl (C=O) groups excluding carboxylic acids is 2.